The van der Waals surface area contributed by atoms with E-state index in [0.717, 1.165) is 5.56 Å². The fraction of sp³-hybridized carbons (Fsp3) is 0.188. The third-order valence-corrected chi connectivity index (χ3v) is 3.43. The van der Waals surface area contributed by atoms with E-state index in [9.17, 15) is 14.5 Å². The Morgan fingerprint density at radius 1 is 1.26 bits per heavy atom. The number of halogens is 1. The van der Waals surface area contributed by atoms with Crippen LogP contribution in [0, 0.1) is 15.9 Å². The molecule has 6 nitrogen and oxygen atoms in total. The molecule has 2 aromatic rings. The number of rotatable bonds is 5. The highest BCUT2D eigenvalue weighted by Gasteiger charge is 2.18. The highest BCUT2D eigenvalue weighted by molar-refractivity contribution is 6.02. The van der Waals surface area contributed by atoms with Crippen molar-refractivity contribution < 1.29 is 14.1 Å². The molecule has 1 heterocycles. The Kier molecular flexibility index (Phi) is 4.18. The molecule has 1 N–H and O–H groups in total. The third-order valence-electron chi connectivity index (χ3n) is 3.43. The summed E-state index contributed by atoms with van der Waals surface area (Å²) in [5.41, 5.74) is 1.09. The molecule has 0 saturated heterocycles. The number of benzene rings is 2. The summed E-state index contributed by atoms with van der Waals surface area (Å²) in [6.45, 7) is 1.46. The standard InChI is InChI=1S/C16H14FN3O3/c17-13-2-1-3-14(15(13)16-18-8-9-19-16)23-10-11-4-6-12(7-5-11)20(21)22/h1-7H,8-10H2,(H,18,19). The van der Waals surface area contributed by atoms with Crippen LogP contribution >= 0.6 is 0 Å². The molecule has 1 aliphatic rings. The number of amidine groups is 1. The molecule has 0 aliphatic carbocycles. The van der Waals surface area contributed by atoms with Crippen molar-refractivity contribution in [3.8, 4) is 5.75 Å². The largest absolute Gasteiger partial charge is 0.488 e. The van der Waals surface area contributed by atoms with Gasteiger partial charge in [-0.05, 0) is 29.8 Å². The van der Waals surface area contributed by atoms with Crippen molar-refractivity contribution in [2.24, 2.45) is 4.99 Å². The minimum Gasteiger partial charge on any atom is -0.488 e. The van der Waals surface area contributed by atoms with E-state index in [1.165, 1.54) is 18.2 Å². The van der Waals surface area contributed by atoms with Crippen molar-refractivity contribution in [1.82, 2.24) is 5.32 Å². The first-order chi connectivity index (χ1) is 11.1. The lowest BCUT2D eigenvalue weighted by Gasteiger charge is -2.12. The Bertz CT molecular complexity index is 760. The Morgan fingerprint density at radius 2 is 2.04 bits per heavy atom. The molecule has 0 aromatic heterocycles. The Morgan fingerprint density at radius 3 is 2.70 bits per heavy atom. The zero-order chi connectivity index (χ0) is 16.2. The zero-order valence-electron chi connectivity index (χ0n) is 12.2. The summed E-state index contributed by atoms with van der Waals surface area (Å²) in [7, 11) is 0. The Hall–Kier alpha value is -2.96. The number of non-ortho nitro benzene ring substituents is 1. The molecule has 0 fully saturated rings. The molecule has 0 radical (unpaired) electrons. The Balaban J connectivity index is 1.78. The lowest BCUT2D eigenvalue weighted by molar-refractivity contribution is -0.384. The highest BCUT2D eigenvalue weighted by atomic mass is 19.1. The van der Waals surface area contributed by atoms with Gasteiger partial charge in [0, 0.05) is 18.7 Å². The number of hydrogen-bond donors (Lipinski definition) is 1. The van der Waals surface area contributed by atoms with Gasteiger partial charge in [-0.2, -0.15) is 0 Å². The lowest BCUT2D eigenvalue weighted by atomic mass is 10.1. The molecule has 0 spiro atoms. The first kappa shape index (κ1) is 15.0. The fourth-order valence-electron chi connectivity index (χ4n) is 2.29. The van der Waals surface area contributed by atoms with E-state index in [0.29, 0.717) is 30.2 Å². The molecule has 23 heavy (non-hydrogen) atoms. The van der Waals surface area contributed by atoms with Gasteiger partial charge in [-0.3, -0.25) is 15.1 Å². The zero-order valence-corrected chi connectivity index (χ0v) is 12.2. The van der Waals surface area contributed by atoms with Crippen molar-refractivity contribution in [2.45, 2.75) is 6.61 Å². The van der Waals surface area contributed by atoms with Crippen LogP contribution in [0.5, 0.6) is 5.75 Å². The number of nitrogens with one attached hydrogen (secondary N) is 1. The van der Waals surface area contributed by atoms with Crippen LogP contribution in [-0.4, -0.2) is 23.8 Å². The van der Waals surface area contributed by atoms with Crippen molar-refractivity contribution >= 4 is 11.5 Å². The lowest BCUT2D eigenvalue weighted by Crippen LogP contribution is -2.21. The van der Waals surface area contributed by atoms with Crippen LogP contribution in [-0.2, 0) is 6.61 Å². The van der Waals surface area contributed by atoms with Crippen LogP contribution in [0.15, 0.2) is 47.5 Å². The highest BCUT2D eigenvalue weighted by Crippen LogP contribution is 2.24. The molecule has 0 bridgehead atoms. The van der Waals surface area contributed by atoms with E-state index in [1.54, 1.807) is 24.3 Å². The summed E-state index contributed by atoms with van der Waals surface area (Å²) in [5, 5.41) is 13.7. The molecule has 3 rings (SSSR count). The van der Waals surface area contributed by atoms with Gasteiger partial charge in [-0.25, -0.2) is 4.39 Å². The topological polar surface area (TPSA) is 76.8 Å². The maximum atomic E-state index is 14.1. The SMILES string of the molecule is O=[N+]([O-])c1ccc(COc2cccc(F)c2C2=NCCN2)cc1. The van der Waals surface area contributed by atoms with E-state index in [4.69, 9.17) is 4.74 Å². The number of hydrogen-bond acceptors (Lipinski definition) is 5. The van der Waals surface area contributed by atoms with Crippen LogP contribution in [0.25, 0.3) is 0 Å². The number of nitrogens with zero attached hydrogens (tertiary/aromatic N) is 2. The molecular weight excluding hydrogens is 301 g/mol. The predicted octanol–water partition coefficient (Wildman–Crippen LogP) is 2.66. The maximum Gasteiger partial charge on any atom is 0.269 e. The molecule has 7 heteroatoms. The average molecular weight is 315 g/mol. The van der Waals surface area contributed by atoms with E-state index in [2.05, 4.69) is 10.3 Å². The van der Waals surface area contributed by atoms with Crippen molar-refractivity contribution in [3.05, 3.63) is 69.5 Å². The predicted molar refractivity (Wildman–Crippen MR) is 83.2 cm³/mol. The van der Waals surface area contributed by atoms with Gasteiger partial charge in [-0.1, -0.05) is 6.07 Å². The summed E-state index contributed by atoms with van der Waals surface area (Å²) in [6, 6.07) is 10.6. The average Bonchev–Trinajstić information content (AvgIpc) is 3.07. The summed E-state index contributed by atoms with van der Waals surface area (Å²) in [5.74, 6) is 0.470. The molecule has 0 amide bonds. The van der Waals surface area contributed by atoms with Gasteiger partial charge in [0.25, 0.3) is 5.69 Å². The number of nitro groups is 1. The van der Waals surface area contributed by atoms with Gasteiger partial charge < -0.3 is 10.1 Å². The molecule has 118 valence electrons. The van der Waals surface area contributed by atoms with Crippen molar-refractivity contribution in [1.29, 1.82) is 0 Å². The summed E-state index contributed by atoms with van der Waals surface area (Å²) in [4.78, 5) is 14.4. The van der Waals surface area contributed by atoms with E-state index in [-0.39, 0.29) is 12.3 Å². The van der Waals surface area contributed by atoms with Gasteiger partial charge in [0.15, 0.2) is 0 Å². The first-order valence-electron chi connectivity index (χ1n) is 7.08. The molecule has 2 aromatic carbocycles. The van der Waals surface area contributed by atoms with Gasteiger partial charge in [0.1, 0.15) is 24.0 Å². The number of nitro benzene ring substituents is 1. The monoisotopic (exact) mass is 315 g/mol. The van der Waals surface area contributed by atoms with Gasteiger partial charge >= 0.3 is 0 Å². The second kappa shape index (κ2) is 6.43. The van der Waals surface area contributed by atoms with E-state index < -0.39 is 10.7 Å². The van der Waals surface area contributed by atoms with Crippen LogP contribution < -0.4 is 10.1 Å². The van der Waals surface area contributed by atoms with Gasteiger partial charge in [-0.15, -0.1) is 0 Å². The first-order valence-corrected chi connectivity index (χ1v) is 7.08. The number of ether oxygens (including phenoxy) is 1. The quantitative estimate of drug-likeness (QED) is 0.680. The molecule has 0 unspecified atom stereocenters. The van der Waals surface area contributed by atoms with Crippen LogP contribution in [0.2, 0.25) is 0 Å². The minimum absolute atomic E-state index is 0.0182. The molecule has 0 saturated carbocycles. The normalized spacial score (nSPS) is 13.3. The van der Waals surface area contributed by atoms with Gasteiger partial charge in [0.05, 0.1) is 17.0 Å². The van der Waals surface area contributed by atoms with Crippen LogP contribution in [0.1, 0.15) is 11.1 Å². The van der Waals surface area contributed by atoms with Crippen LogP contribution in [0.4, 0.5) is 10.1 Å². The summed E-state index contributed by atoms with van der Waals surface area (Å²) in [6.07, 6.45) is 0. The molecular formula is C16H14FN3O3. The van der Waals surface area contributed by atoms with Crippen molar-refractivity contribution in [2.75, 3.05) is 13.1 Å². The maximum absolute atomic E-state index is 14.1. The van der Waals surface area contributed by atoms with Gasteiger partial charge in [0.2, 0.25) is 0 Å². The fourth-order valence-corrected chi connectivity index (χ4v) is 2.29. The second-order valence-corrected chi connectivity index (χ2v) is 4.98. The number of aliphatic imine (C=N–C) groups is 1. The Labute approximate surface area is 131 Å². The van der Waals surface area contributed by atoms with E-state index >= 15 is 0 Å². The summed E-state index contributed by atoms with van der Waals surface area (Å²) >= 11 is 0. The summed E-state index contributed by atoms with van der Waals surface area (Å²) < 4.78 is 19.8. The minimum atomic E-state index is -0.459. The third kappa shape index (κ3) is 3.28. The van der Waals surface area contributed by atoms with E-state index in [1.807, 2.05) is 0 Å². The molecule has 1 aliphatic heterocycles. The molecule has 0 atom stereocenters. The van der Waals surface area contributed by atoms with Crippen LogP contribution in [0.3, 0.4) is 0 Å². The smallest absolute Gasteiger partial charge is 0.269 e. The van der Waals surface area contributed by atoms with Crippen molar-refractivity contribution in [3.63, 3.8) is 0 Å². The second-order valence-electron chi connectivity index (χ2n) is 4.98.